The van der Waals surface area contributed by atoms with Crippen molar-refractivity contribution < 1.29 is 24.3 Å². The summed E-state index contributed by atoms with van der Waals surface area (Å²) in [5.74, 6) is -1.43. The molecular weight excluding hydrogens is 366 g/mol. The van der Waals surface area contributed by atoms with Gasteiger partial charge in [-0.15, -0.1) is 22.7 Å². The van der Waals surface area contributed by atoms with E-state index in [0.717, 1.165) is 11.3 Å². The first-order valence-electron chi connectivity index (χ1n) is 7.19. The molecule has 0 saturated carbocycles. The van der Waals surface area contributed by atoms with E-state index in [2.05, 4.69) is 15.1 Å². The molecule has 0 radical (unpaired) electrons. The van der Waals surface area contributed by atoms with Crippen LogP contribution < -0.4 is 0 Å². The Kier molecular flexibility index (Phi) is 6.48. The second kappa shape index (κ2) is 8.39. The maximum absolute atomic E-state index is 12.3. The van der Waals surface area contributed by atoms with Crippen LogP contribution in [-0.2, 0) is 15.3 Å². The quantitative estimate of drug-likeness (QED) is 0.233. The fraction of sp³-hybridized carbons (Fsp3) is 0.400. The zero-order valence-corrected chi connectivity index (χ0v) is 15.5. The largest absolute Gasteiger partial charge is 0.411 e. The number of nitrogens with zero attached hydrogens (tertiary/aromatic N) is 3. The monoisotopic (exact) mass is 383 g/mol. The highest BCUT2D eigenvalue weighted by molar-refractivity contribution is 7.15. The van der Waals surface area contributed by atoms with Gasteiger partial charge in [0.15, 0.2) is 21.6 Å². The molecule has 2 rings (SSSR count). The van der Waals surface area contributed by atoms with Gasteiger partial charge < -0.3 is 14.7 Å². The molecule has 10 heteroatoms. The third-order valence-corrected chi connectivity index (χ3v) is 5.67. The van der Waals surface area contributed by atoms with Crippen molar-refractivity contribution in [1.29, 1.82) is 0 Å². The number of rotatable bonds is 9. The van der Waals surface area contributed by atoms with E-state index in [9.17, 15) is 9.59 Å². The van der Waals surface area contributed by atoms with Gasteiger partial charge in [0.2, 0.25) is 5.79 Å². The fourth-order valence-electron chi connectivity index (χ4n) is 1.86. The predicted octanol–water partition coefficient (Wildman–Crippen LogP) is 2.72. The molecule has 134 valence electrons. The van der Waals surface area contributed by atoms with Crippen LogP contribution >= 0.6 is 22.7 Å². The van der Waals surface area contributed by atoms with E-state index in [4.69, 9.17) is 14.7 Å². The van der Waals surface area contributed by atoms with E-state index in [1.807, 2.05) is 0 Å². The van der Waals surface area contributed by atoms with Gasteiger partial charge in [0.25, 0.3) is 0 Å². The minimum Gasteiger partial charge on any atom is -0.411 e. The number of thiazole rings is 2. The zero-order chi connectivity index (χ0) is 18.4. The number of hydrogen-bond donors (Lipinski definition) is 1. The van der Waals surface area contributed by atoms with Crippen molar-refractivity contribution in [3.8, 4) is 0 Å². The first-order chi connectivity index (χ1) is 11.9. The maximum atomic E-state index is 12.3. The van der Waals surface area contributed by atoms with E-state index in [1.165, 1.54) is 44.2 Å². The van der Waals surface area contributed by atoms with Crippen LogP contribution in [0.15, 0.2) is 17.5 Å². The number of aromatic nitrogens is 2. The van der Waals surface area contributed by atoms with Crippen molar-refractivity contribution in [3.05, 3.63) is 32.2 Å². The lowest BCUT2D eigenvalue weighted by Gasteiger charge is -2.23. The molecule has 0 fully saturated rings. The summed E-state index contributed by atoms with van der Waals surface area (Å²) in [6, 6.07) is 0. The van der Waals surface area contributed by atoms with E-state index in [-0.39, 0.29) is 29.4 Å². The summed E-state index contributed by atoms with van der Waals surface area (Å²) in [7, 11) is 2.99. The molecule has 0 aromatic carbocycles. The lowest BCUT2D eigenvalue weighted by molar-refractivity contribution is -0.201. The molecule has 0 bridgehead atoms. The van der Waals surface area contributed by atoms with E-state index >= 15 is 0 Å². The molecule has 0 aliphatic rings. The predicted molar refractivity (Wildman–Crippen MR) is 92.9 cm³/mol. The van der Waals surface area contributed by atoms with Gasteiger partial charge in [-0.25, -0.2) is 9.97 Å². The topological polar surface area (TPSA) is 111 Å². The molecule has 2 heterocycles. The molecule has 2 aromatic rings. The number of carbonyl (C=O) groups is 2. The van der Waals surface area contributed by atoms with Crippen LogP contribution in [0.2, 0.25) is 0 Å². The molecule has 25 heavy (non-hydrogen) atoms. The van der Waals surface area contributed by atoms with E-state index < -0.39 is 5.79 Å². The summed E-state index contributed by atoms with van der Waals surface area (Å²) in [6.45, 7) is 1.71. The van der Waals surface area contributed by atoms with Crippen LogP contribution in [0, 0.1) is 0 Å². The lowest BCUT2D eigenvalue weighted by atomic mass is 10.1. The van der Waals surface area contributed by atoms with Crippen LogP contribution in [0.5, 0.6) is 0 Å². The maximum Gasteiger partial charge on any atom is 0.218 e. The van der Waals surface area contributed by atoms with Gasteiger partial charge in [0.05, 0.1) is 16.0 Å². The minimum absolute atomic E-state index is 0.0428. The lowest BCUT2D eigenvalue weighted by Crippen LogP contribution is -2.26. The molecular formula is C15H17N3O5S2. The summed E-state index contributed by atoms with van der Waals surface area (Å²) in [4.78, 5) is 33.5. The van der Waals surface area contributed by atoms with Gasteiger partial charge in [-0.2, -0.15) is 0 Å². The Balaban J connectivity index is 1.98. The van der Waals surface area contributed by atoms with Crippen molar-refractivity contribution in [2.75, 3.05) is 14.2 Å². The minimum atomic E-state index is -1.01. The van der Waals surface area contributed by atoms with Gasteiger partial charge in [-0.3, -0.25) is 9.59 Å². The molecule has 0 amide bonds. The number of ketones is 2. The molecule has 2 aromatic heterocycles. The second-order valence-corrected chi connectivity index (χ2v) is 7.14. The third-order valence-electron chi connectivity index (χ3n) is 3.47. The highest BCUT2D eigenvalue weighted by atomic mass is 32.1. The van der Waals surface area contributed by atoms with Gasteiger partial charge in [-0.1, -0.05) is 5.16 Å². The van der Waals surface area contributed by atoms with E-state index in [1.54, 1.807) is 6.92 Å². The molecule has 0 atom stereocenters. The standard InChI is InChI=1S/C15H17N3O5S2/c1-15(22-2,23-3)14-17-8-12(25-14)10(19)4-5-11(20)13-16-6-9(24-13)7-18-21/h6-8,21H,4-5H2,1-3H3/b18-7-. The Morgan fingerprint density at radius 3 is 2.52 bits per heavy atom. The molecule has 1 N–H and O–H groups in total. The van der Waals surface area contributed by atoms with Gasteiger partial charge in [-0.05, 0) is 6.92 Å². The Labute approximate surface area is 152 Å². The number of oxime groups is 1. The van der Waals surface area contributed by atoms with Crippen molar-refractivity contribution in [1.82, 2.24) is 9.97 Å². The number of hydrogen-bond acceptors (Lipinski definition) is 10. The number of carbonyl (C=O) groups excluding carboxylic acids is 2. The van der Waals surface area contributed by atoms with Crippen LogP contribution in [0.1, 0.15) is 49.1 Å². The van der Waals surface area contributed by atoms with Gasteiger partial charge >= 0.3 is 0 Å². The van der Waals surface area contributed by atoms with Gasteiger partial charge in [0.1, 0.15) is 0 Å². The molecule has 0 saturated heterocycles. The Morgan fingerprint density at radius 2 is 1.88 bits per heavy atom. The number of Topliss-reactive ketones (excluding diaryl/α,β-unsaturated/α-hetero) is 2. The van der Waals surface area contributed by atoms with Crippen molar-refractivity contribution in [3.63, 3.8) is 0 Å². The second-order valence-electron chi connectivity index (χ2n) is 5.04. The Hall–Kier alpha value is -2.01. The SMILES string of the molecule is COC(C)(OC)c1ncc(C(=O)CCC(=O)c2ncc(/C=N\O)s2)s1. The summed E-state index contributed by atoms with van der Waals surface area (Å²) < 4.78 is 10.5. The number of ether oxygens (including phenoxy) is 2. The van der Waals surface area contributed by atoms with Crippen molar-refractivity contribution >= 4 is 40.5 Å². The summed E-state index contributed by atoms with van der Waals surface area (Å²) in [5, 5.41) is 12.1. The molecule has 0 aliphatic heterocycles. The summed E-state index contributed by atoms with van der Waals surface area (Å²) in [6.07, 6.45) is 4.19. The highest BCUT2D eigenvalue weighted by Crippen LogP contribution is 2.30. The zero-order valence-electron chi connectivity index (χ0n) is 13.9. The third kappa shape index (κ3) is 4.54. The summed E-state index contributed by atoms with van der Waals surface area (Å²) in [5.41, 5.74) is 0. The van der Waals surface area contributed by atoms with Crippen LogP contribution in [0.4, 0.5) is 0 Å². The molecule has 0 unspecified atom stereocenters. The van der Waals surface area contributed by atoms with Crippen LogP contribution in [0.3, 0.4) is 0 Å². The first-order valence-corrected chi connectivity index (χ1v) is 8.83. The average Bonchev–Trinajstić information content (AvgIpc) is 3.29. The van der Waals surface area contributed by atoms with Gasteiger partial charge in [0, 0.05) is 39.5 Å². The Bertz CT molecular complexity index is 780. The van der Waals surface area contributed by atoms with Crippen LogP contribution in [-0.4, -0.2) is 47.2 Å². The van der Waals surface area contributed by atoms with E-state index in [0.29, 0.717) is 14.8 Å². The van der Waals surface area contributed by atoms with Crippen molar-refractivity contribution in [2.24, 2.45) is 5.16 Å². The molecule has 0 aliphatic carbocycles. The van der Waals surface area contributed by atoms with Crippen LogP contribution in [0.25, 0.3) is 0 Å². The highest BCUT2D eigenvalue weighted by Gasteiger charge is 2.30. The Morgan fingerprint density at radius 1 is 1.20 bits per heavy atom. The first kappa shape index (κ1) is 19.3. The average molecular weight is 383 g/mol. The summed E-state index contributed by atoms with van der Waals surface area (Å²) >= 11 is 2.28. The fourth-order valence-corrected chi connectivity index (χ4v) is 3.60. The van der Waals surface area contributed by atoms with Crippen molar-refractivity contribution in [2.45, 2.75) is 25.6 Å². The molecule has 0 spiro atoms. The number of methoxy groups -OCH3 is 2. The smallest absolute Gasteiger partial charge is 0.218 e. The normalized spacial score (nSPS) is 12.0. The molecule has 8 nitrogen and oxygen atoms in total.